The Balaban J connectivity index is 1.90. The lowest BCUT2D eigenvalue weighted by Gasteiger charge is -2.26. The van der Waals surface area contributed by atoms with E-state index < -0.39 is 36.0 Å². The lowest BCUT2D eigenvalue weighted by Crippen LogP contribution is -2.36. The van der Waals surface area contributed by atoms with Gasteiger partial charge >= 0.3 is 12.1 Å². The number of cyclic esters (lactones) is 1. The van der Waals surface area contributed by atoms with E-state index in [9.17, 15) is 22.8 Å². The number of nitrogens with zero attached hydrogens (tertiary/aromatic N) is 4. The van der Waals surface area contributed by atoms with E-state index in [4.69, 9.17) is 9.84 Å². The minimum Gasteiger partial charge on any atom is -0.478 e. The fourth-order valence-corrected chi connectivity index (χ4v) is 3.85. The number of carboxylic acids is 1. The summed E-state index contributed by atoms with van der Waals surface area (Å²) >= 11 is 0. The first-order chi connectivity index (χ1) is 18.3. The van der Waals surface area contributed by atoms with Crippen LogP contribution in [-0.2, 0) is 4.74 Å². The minimum absolute atomic E-state index is 0.0541. The number of rotatable bonds is 14. The number of alkyl halides is 1. The zero-order valence-corrected chi connectivity index (χ0v) is 23.0. The van der Waals surface area contributed by atoms with Crippen molar-refractivity contribution >= 4 is 24.0 Å². The Hall–Kier alpha value is -3.60. The molecule has 1 heterocycles. The molecule has 1 fully saturated rings. The molecule has 0 radical (unpaired) electrons. The molecule has 0 saturated carbocycles. The summed E-state index contributed by atoms with van der Waals surface area (Å²) in [5, 5.41) is 15.2. The van der Waals surface area contributed by atoms with Crippen LogP contribution in [0.15, 0.2) is 64.9 Å². The predicted molar refractivity (Wildman–Crippen MR) is 146 cm³/mol. The van der Waals surface area contributed by atoms with Crippen molar-refractivity contribution in [2.24, 2.45) is 5.10 Å². The van der Waals surface area contributed by atoms with E-state index in [0.29, 0.717) is 31.7 Å². The molecular weight excluding hydrogens is 513 g/mol. The van der Waals surface area contributed by atoms with Crippen molar-refractivity contribution in [3.8, 4) is 0 Å². The number of carbonyl (C=O) groups excluding carboxylic acids is 1. The predicted octanol–water partition coefficient (Wildman–Crippen LogP) is 6.09. The van der Waals surface area contributed by atoms with Crippen LogP contribution in [0.2, 0.25) is 0 Å². The number of carbonyl (C=O) groups is 2. The highest BCUT2D eigenvalue weighted by Crippen LogP contribution is 2.30. The Kier molecular flexibility index (Phi) is 11.8. The lowest BCUT2D eigenvalue weighted by molar-refractivity contribution is 0.0580. The van der Waals surface area contributed by atoms with Crippen LogP contribution in [-0.4, -0.2) is 78.3 Å². The highest BCUT2D eigenvalue weighted by Gasteiger charge is 2.41. The molecule has 0 aromatic heterocycles. The van der Waals surface area contributed by atoms with Crippen molar-refractivity contribution in [3.05, 3.63) is 65.4 Å². The molecule has 1 aliphatic rings. The van der Waals surface area contributed by atoms with Gasteiger partial charge in [-0.2, -0.15) is 5.10 Å². The molecule has 8 nitrogen and oxygen atoms in total. The Morgan fingerprint density at radius 2 is 1.95 bits per heavy atom. The summed E-state index contributed by atoms with van der Waals surface area (Å²) in [5.74, 6) is -3.69. The van der Waals surface area contributed by atoms with E-state index in [1.165, 1.54) is 23.1 Å². The van der Waals surface area contributed by atoms with Crippen molar-refractivity contribution in [2.75, 3.05) is 38.3 Å². The molecule has 1 amide bonds. The SMILES string of the molecule is C/C(=C\N(/N=C/C/C=C\C(F)=C(\F)CF)C(C)C)CN(C)CCC1(C)CN(c2ccc(C(=O)O)cc2)C(=O)O1. The zero-order valence-electron chi connectivity index (χ0n) is 23.0. The first kappa shape index (κ1) is 31.6. The zero-order chi connectivity index (χ0) is 29.2. The molecule has 1 atom stereocenters. The van der Waals surface area contributed by atoms with Crippen LogP contribution in [0.1, 0.15) is 50.9 Å². The van der Waals surface area contributed by atoms with Gasteiger partial charge in [-0.3, -0.25) is 9.91 Å². The summed E-state index contributed by atoms with van der Waals surface area (Å²) < 4.78 is 43.8. The van der Waals surface area contributed by atoms with Crippen LogP contribution in [0.5, 0.6) is 0 Å². The number of halogens is 3. The Labute approximate surface area is 227 Å². The molecule has 2 rings (SSSR count). The van der Waals surface area contributed by atoms with E-state index in [2.05, 4.69) is 10.0 Å². The van der Waals surface area contributed by atoms with Gasteiger partial charge in [-0.15, -0.1) is 0 Å². The van der Waals surface area contributed by atoms with E-state index in [1.807, 2.05) is 40.9 Å². The van der Waals surface area contributed by atoms with Crippen molar-refractivity contribution in [2.45, 2.75) is 52.2 Å². The molecule has 0 spiro atoms. The molecule has 0 aliphatic carbocycles. The molecule has 0 bridgehead atoms. The molecule has 214 valence electrons. The molecule has 1 N–H and O–H groups in total. The number of likely N-dealkylation sites (N-methyl/N-ethyl adjacent to an activating group) is 1. The smallest absolute Gasteiger partial charge is 0.415 e. The van der Waals surface area contributed by atoms with Gasteiger partial charge in [-0.1, -0.05) is 6.08 Å². The topological polar surface area (TPSA) is 85.7 Å². The average Bonchev–Trinajstić information content (AvgIpc) is 3.20. The van der Waals surface area contributed by atoms with Gasteiger partial charge in [0.1, 0.15) is 12.3 Å². The summed E-state index contributed by atoms with van der Waals surface area (Å²) in [6.07, 6.45) is 6.09. The number of ether oxygens (including phenoxy) is 1. The standard InChI is InChI=1S/C28H37F3N4O4/c1-20(2)35(32-14-7-6-8-24(30)25(31)16-29)18-21(3)17-33(5)15-13-28(4)19-34(27(38)39-28)23-11-9-22(10-12-23)26(36)37/h6,8-12,14,18,20H,7,13,15-17,19H2,1-5H3,(H,36,37)/b8-6-,21-18+,25-24-,32-14+. The summed E-state index contributed by atoms with van der Waals surface area (Å²) in [7, 11) is 1.96. The number of hydrogen-bond donors (Lipinski definition) is 1. The van der Waals surface area contributed by atoms with Crippen molar-refractivity contribution in [1.29, 1.82) is 0 Å². The van der Waals surface area contributed by atoms with E-state index >= 15 is 0 Å². The summed E-state index contributed by atoms with van der Waals surface area (Å²) in [5.41, 5.74) is 1.07. The summed E-state index contributed by atoms with van der Waals surface area (Å²) in [6.45, 7) is 7.96. The van der Waals surface area contributed by atoms with Gasteiger partial charge in [0, 0.05) is 50.1 Å². The van der Waals surface area contributed by atoms with E-state index in [1.54, 1.807) is 23.4 Å². The van der Waals surface area contributed by atoms with Gasteiger partial charge in [-0.05, 0) is 70.7 Å². The third kappa shape index (κ3) is 9.90. The number of hydrogen-bond acceptors (Lipinski definition) is 6. The second kappa shape index (κ2) is 14.5. The molecule has 1 unspecified atom stereocenters. The number of hydrazone groups is 1. The van der Waals surface area contributed by atoms with Crippen LogP contribution in [0, 0.1) is 0 Å². The number of benzene rings is 1. The molecule has 1 aromatic carbocycles. The Morgan fingerprint density at radius 1 is 1.28 bits per heavy atom. The third-order valence-corrected chi connectivity index (χ3v) is 5.99. The van der Waals surface area contributed by atoms with Crippen molar-refractivity contribution in [1.82, 2.24) is 9.91 Å². The van der Waals surface area contributed by atoms with Gasteiger partial charge < -0.3 is 14.7 Å². The van der Waals surface area contributed by atoms with Crippen LogP contribution in [0.4, 0.5) is 23.7 Å². The molecule has 11 heteroatoms. The molecule has 39 heavy (non-hydrogen) atoms. The maximum absolute atomic E-state index is 13.2. The van der Waals surface area contributed by atoms with E-state index in [-0.39, 0.29) is 18.0 Å². The van der Waals surface area contributed by atoms with E-state index in [0.717, 1.165) is 11.6 Å². The fourth-order valence-electron chi connectivity index (χ4n) is 3.85. The van der Waals surface area contributed by atoms with Gasteiger partial charge in [-0.25, -0.2) is 22.8 Å². The number of allylic oxidation sites excluding steroid dienone is 4. The Morgan fingerprint density at radius 3 is 2.54 bits per heavy atom. The first-order valence-corrected chi connectivity index (χ1v) is 12.6. The van der Waals surface area contributed by atoms with Gasteiger partial charge in [0.15, 0.2) is 11.7 Å². The van der Waals surface area contributed by atoms with Crippen LogP contribution in [0.3, 0.4) is 0 Å². The number of carboxylic acid groups (broad SMARTS) is 1. The maximum atomic E-state index is 13.2. The van der Waals surface area contributed by atoms with Crippen molar-refractivity contribution < 1.29 is 32.6 Å². The lowest BCUT2D eigenvalue weighted by atomic mass is 10.0. The third-order valence-electron chi connectivity index (χ3n) is 5.99. The van der Waals surface area contributed by atoms with Gasteiger partial charge in [0.25, 0.3) is 0 Å². The maximum Gasteiger partial charge on any atom is 0.415 e. The van der Waals surface area contributed by atoms with Gasteiger partial charge in [0.05, 0.1) is 12.1 Å². The van der Waals surface area contributed by atoms with Crippen molar-refractivity contribution in [3.63, 3.8) is 0 Å². The van der Waals surface area contributed by atoms with Crippen LogP contribution < -0.4 is 4.90 Å². The molecular formula is C28H37F3N4O4. The number of aromatic carboxylic acids is 1. The molecule has 1 saturated heterocycles. The first-order valence-electron chi connectivity index (χ1n) is 12.6. The van der Waals surface area contributed by atoms with Crippen LogP contribution in [0.25, 0.3) is 0 Å². The molecule has 1 aromatic rings. The average molecular weight is 551 g/mol. The molecule has 1 aliphatic heterocycles. The quantitative estimate of drug-likeness (QED) is 0.171. The second-order valence-electron chi connectivity index (χ2n) is 10.0. The minimum atomic E-state index is -1.47. The monoisotopic (exact) mass is 550 g/mol. The number of anilines is 1. The normalized spacial score (nSPS) is 19.0. The summed E-state index contributed by atoms with van der Waals surface area (Å²) in [4.78, 5) is 27.2. The fraction of sp³-hybridized carbons (Fsp3) is 0.464. The highest BCUT2D eigenvalue weighted by molar-refractivity contribution is 5.92. The summed E-state index contributed by atoms with van der Waals surface area (Å²) in [6, 6.07) is 6.16. The largest absolute Gasteiger partial charge is 0.478 e. The second-order valence-corrected chi connectivity index (χ2v) is 10.0. The van der Waals surface area contributed by atoms with Crippen LogP contribution >= 0.6 is 0 Å². The number of amides is 1. The van der Waals surface area contributed by atoms with Gasteiger partial charge in [0.2, 0.25) is 0 Å². The highest BCUT2D eigenvalue weighted by atomic mass is 19.2. The Bertz CT molecular complexity index is 1120.